The molecule has 0 aliphatic carbocycles. The molecule has 6 nitrogen and oxygen atoms in total. The summed E-state index contributed by atoms with van der Waals surface area (Å²) in [5.41, 5.74) is 0. The summed E-state index contributed by atoms with van der Waals surface area (Å²) >= 11 is 0. The van der Waals surface area contributed by atoms with Crippen molar-refractivity contribution in [3.8, 4) is 5.75 Å². The van der Waals surface area contributed by atoms with Crippen LogP contribution in [0.3, 0.4) is 0 Å². The van der Waals surface area contributed by atoms with E-state index in [4.69, 9.17) is 19.2 Å². The molecule has 2 N–H and O–H groups in total. The molecule has 0 spiro atoms. The molecule has 0 heterocycles. The molecular weight excluding hydrogens is 341 g/mol. The molecule has 0 unspecified atom stereocenters. The topological polar surface area (TPSA) is 101 Å². The van der Waals surface area contributed by atoms with Crippen molar-refractivity contribution < 1.29 is 40.8 Å². The fourth-order valence-electron chi connectivity index (χ4n) is 1.49. The molecule has 0 saturated carbocycles. The molecule has 0 saturated heterocycles. The molecule has 10 heteroatoms. The van der Waals surface area contributed by atoms with Crippen molar-refractivity contribution in [3.05, 3.63) is 36.4 Å². The Labute approximate surface area is 128 Å². The monoisotopic (exact) mass is 352 g/mol. The highest BCUT2D eigenvalue weighted by atomic mass is 32.2. The zero-order chi connectivity index (χ0) is 17.8. The standard InChI is InChI=1S/C11H10O4S.C2HF3O2/c1-15-10-4-2-9-7-11(16(12,13)14)5-3-8(9)6-10;3-2(4,5)1(6)7/h2-7H,1H3,(H,12,13,14);(H,6,7). The second-order valence-electron chi connectivity index (χ2n) is 4.15. The molecule has 0 aromatic heterocycles. The van der Waals surface area contributed by atoms with Crippen molar-refractivity contribution in [1.82, 2.24) is 0 Å². The molecule has 126 valence electrons. The van der Waals surface area contributed by atoms with Gasteiger partial charge in [0.05, 0.1) is 12.0 Å². The van der Waals surface area contributed by atoms with Crippen LogP contribution in [0.15, 0.2) is 41.3 Å². The minimum Gasteiger partial charge on any atom is -0.497 e. The summed E-state index contributed by atoms with van der Waals surface area (Å²) in [6.45, 7) is 0. The Kier molecular flexibility index (Phi) is 5.56. The lowest BCUT2D eigenvalue weighted by atomic mass is 10.1. The van der Waals surface area contributed by atoms with E-state index >= 15 is 0 Å². The van der Waals surface area contributed by atoms with Crippen LogP contribution in [-0.4, -0.2) is 37.3 Å². The quantitative estimate of drug-likeness (QED) is 0.806. The van der Waals surface area contributed by atoms with Crippen molar-refractivity contribution in [1.29, 1.82) is 0 Å². The summed E-state index contributed by atoms with van der Waals surface area (Å²) in [5, 5.41) is 8.71. The number of halogens is 3. The molecule has 2 aromatic carbocycles. The zero-order valence-electron chi connectivity index (χ0n) is 11.5. The predicted octanol–water partition coefficient (Wildman–Crippen LogP) is 2.73. The van der Waals surface area contributed by atoms with Gasteiger partial charge < -0.3 is 9.84 Å². The van der Waals surface area contributed by atoms with Gasteiger partial charge in [0.25, 0.3) is 10.1 Å². The van der Waals surface area contributed by atoms with Crippen molar-refractivity contribution in [2.24, 2.45) is 0 Å². The molecule has 2 aromatic rings. The third kappa shape index (κ3) is 5.42. The van der Waals surface area contributed by atoms with Gasteiger partial charge >= 0.3 is 12.1 Å². The van der Waals surface area contributed by atoms with E-state index in [2.05, 4.69) is 0 Å². The summed E-state index contributed by atoms with van der Waals surface area (Å²) in [4.78, 5) is 8.79. The smallest absolute Gasteiger partial charge is 0.490 e. The van der Waals surface area contributed by atoms with Crippen LogP contribution in [0, 0.1) is 0 Å². The molecule has 0 bridgehead atoms. The van der Waals surface area contributed by atoms with Crippen molar-refractivity contribution in [2.75, 3.05) is 7.11 Å². The lowest BCUT2D eigenvalue weighted by molar-refractivity contribution is -0.192. The van der Waals surface area contributed by atoms with E-state index in [1.54, 1.807) is 31.4 Å². The maximum Gasteiger partial charge on any atom is 0.490 e. The average Bonchev–Trinajstić information content (AvgIpc) is 2.44. The van der Waals surface area contributed by atoms with E-state index < -0.39 is 22.3 Å². The molecule has 2 rings (SSSR count). The number of hydrogen-bond donors (Lipinski definition) is 2. The highest BCUT2D eigenvalue weighted by Crippen LogP contribution is 2.23. The number of benzene rings is 2. The van der Waals surface area contributed by atoms with Crippen LogP contribution >= 0.6 is 0 Å². The van der Waals surface area contributed by atoms with Crippen LogP contribution in [0.25, 0.3) is 10.8 Å². The summed E-state index contributed by atoms with van der Waals surface area (Å²) in [5.74, 6) is -2.06. The van der Waals surface area contributed by atoms with Gasteiger partial charge in [0.1, 0.15) is 5.75 Å². The van der Waals surface area contributed by atoms with E-state index in [1.165, 1.54) is 12.1 Å². The fraction of sp³-hybridized carbons (Fsp3) is 0.154. The van der Waals surface area contributed by atoms with Gasteiger partial charge in [0.15, 0.2) is 0 Å². The van der Waals surface area contributed by atoms with Gasteiger partial charge in [-0.3, -0.25) is 4.55 Å². The number of carboxylic acids is 1. The van der Waals surface area contributed by atoms with E-state index in [0.717, 1.165) is 10.8 Å². The first-order valence-electron chi connectivity index (χ1n) is 5.80. The van der Waals surface area contributed by atoms with Gasteiger partial charge in [-0.25, -0.2) is 4.79 Å². The Bertz CT molecular complexity index is 814. The normalized spacial score (nSPS) is 11.5. The third-order valence-electron chi connectivity index (χ3n) is 2.56. The van der Waals surface area contributed by atoms with Crippen LogP contribution in [0.5, 0.6) is 5.75 Å². The molecule has 0 amide bonds. The molecular formula is C13H11F3O6S. The van der Waals surface area contributed by atoms with E-state index in [9.17, 15) is 21.6 Å². The van der Waals surface area contributed by atoms with Gasteiger partial charge in [0, 0.05) is 0 Å². The Morgan fingerprint density at radius 1 is 1.09 bits per heavy atom. The van der Waals surface area contributed by atoms with Gasteiger partial charge in [0.2, 0.25) is 0 Å². The maximum atomic E-state index is 10.9. The first-order valence-corrected chi connectivity index (χ1v) is 7.24. The van der Waals surface area contributed by atoms with Crippen molar-refractivity contribution >= 4 is 26.9 Å². The second kappa shape index (κ2) is 6.84. The number of methoxy groups -OCH3 is 1. The summed E-state index contributed by atoms with van der Waals surface area (Å²) in [6, 6.07) is 9.67. The predicted molar refractivity (Wildman–Crippen MR) is 74.0 cm³/mol. The average molecular weight is 352 g/mol. The highest BCUT2D eigenvalue weighted by molar-refractivity contribution is 7.85. The first-order chi connectivity index (χ1) is 10.4. The van der Waals surface area contributed by atoms with Crippen molar-refractivity contribution in [3.63, 3.8) is 0 Å². The molecule has 0 radical (unpaired) electrons. The van der Waals surface area contributed by atoms with E-state index in [1.807, 2.05) is 0 Å². The summed E-state index contributed by atoms with van der Waals surface area (Å²) < 4.78 is 67.5. The maximum absolute atomic E-state index is 10.9. The van der Waals surface area contributed by atoms with Crippen LogP contribution in [-0.2, 0) is 14.9 Å². The fourth-order valence-corrected chi connectivity index (χ4v) is 2.01. The Morgan fingerprint density at radius 3 is 2.00 bits per heavy atom. The molecule has 0 fully saturated rings. The second-order valence-corrected chi connectivity index (χ2v) is 5.57. The lowest BCUT2D eigenvalue weighted by Crippen LogP contribution is -2.21. The van der Waals surface area contributed by atoms with Crippen LogP contribution < -0.4 is 4.74 Å². The van der Waals surface area contributed by atoms with E-state index in [0.29, 0.717) is 5.75 Å². The molecule has 0 aliphatic rings. The SMILES string of the molecule is COc1ccc2cc(S(=O)(=O)O)ccc2c1.O=C(O)C(F)(F)F. The number of aliphatic carboxylic acids is 1. The first kappa shape index (κ1) is 18.7. The highest BCUT2D eigenvalue weighted by Gasteiger charge is 2.38. The Morgan fingerprint density at radius 2 is 1.57 bits per heavy atom. The molecule has 0 aliphatic heterocycles. The molecule has 0 atom stereocenters. The van der Waals surface area contributed by atoms with Crippen molar-refractivity contribution in [2.45, 2.75) is 11.1 Å². The minimum atomic E-state index is -5.08. The number of hydrogen-bond acceptors (Lipinski definition) is 4. The number of fused-ring (bicyclic) bond motifs is 1. The van der Waals surface area contributed by atoms with Gasteiger partial charge in [-0.1, -0.05) is 12.1 Å². The Balaban J connectivity index is 0.000000322. The molecule has 23 heavy (non-hydrogen) atoms. The van der Waals surface area contributed by atoms with Gasteiger partial charge in [-0.2, -0.15) is 21.6 Å². The van der Waals surface area contributed by atoms with Crippen LogP contribution in [0.4, 0.5) is 13.2 Å². The number of carbonyl (C=O) groups is 1. The lowest BCUT2D eigenvalue weighted by Gasteiger charge is -2.03. The van der Waals surface area contributed by atoms with Gasteiger partial charge in [-0.15, -0.1) is 0 Å². The number of carboxylic acid groups (broad SMARTS) is 1. The minimum absolute atomic E-state index is 0.106. The number of ether oxygens (including phenoxy) is 1. The van der Waals surface area contributed by atoms with E-state index in [-0.39, 0.29) is 4.90 Å². The van der Waals surface area contributed by atoms with Gasteiger partial charge in [-0.05, 0) is 35.0 Å². The zero-order valence-corrected chi connectivity index (χ0v) is 12.4. The van der Waals surface area contributed by atoms with Crippen LogP contribution in [0.2, 0.25) is 0 Å². The largest absolute Gasteiger partial charge is 0.497 e. The summed E-state index contributed by atoms with van der Waals surface area (Å²) in [6.07, 6.45) is -5.08. The Hall–Kier alpha value is -2.33. The third-order valence-corrected chi connectivity index (χ3v) is 3.41. The summed E-state index contributed by atoms with van der Waals surface area (Å²) in [7, 11) is -2.58. The number of rotatable bonds is 2. The number of alkyl halides is 3. The van der Waals surface area contributed by atoms with Crippen LogP contribution in [0.1, 0.15) is 0 Å².